The minimum absolute atomic E-state index is 0.0560. The van der Waals surface area contributed by atoms with Crippen LogP contribution in [0.1, 0.15) is 25.0 Å². The second-order valence-electron chi connectivity index (χ2n) is 11.5. The highest BCUT2D eigenvalue weighted by atomic mass is 32.2. The molecule has 0 unspecified atom stereocenters. The molecule has 0 fully saturated rings. The number of phenolic OH excluding ortho intramolecular Hbond substituents is 2. The van der Waals surface area contributed by atoms with Crippen LogP contribution in [0.4, 0.5) is 11.4 Å². The van der Waals surface area contributed by atoms with Gasteiger partial charge in [0.2, 0.25) is 22.3 Å². The number of rotatable bonds is 8. The standard InChI is InChI=1S/C35H24N4O8S2/c1-35(2,21-9-13-23(14-10-21)46-48(42,43)31-7-3-5-27-25(31)17-19-29(38-36)33(27)40)22-11-15-24(16-12-22)47-49(44,45)32-8-4-6-28-26(32)18-20-30(39-37)34(28)41/h3-20H,1-2H3/p+2. The molecule has 0 aliphatic heterocycles. The van der Waals surface area contributed by atoms with Gasteiger partial charge in [0.1, 0.15) is 21.3 Å². The van der Waals surface area contributed by atoms with Gasteiger partial charge in [-0.1, -0.05) is 62.4 Å². The predicted molar refractivity (Wildman–Crippen MR) is 181 cm³/mol. The summed E-state index contributed by atoms with van der Waals surface area (Å²) in [4.78, 5) is 5.64. The Bertz CT molecular complexity index is 2410. The van der Waals surface area contributed by atoms with Gasteiger partial charge in [-0.25, -0.2) is 0 Å². The number of phenols is 2. The number of fused-ring (bicyclic) bond motifs is 2. The van der Waals surface area contributed by atoms with Crippen molar-refractivity contribution in [2.24, 2.45) is 0 Å². The lowest BCUT2D eigenvalue weighted by molar-refractivity contribution is 0.482. The van der Waals surface area contributed by atoms with Crippen LogP contribution in [0, 0.1) is 10.8 Å². The molecule has 0 bridgehead atoms. The quantitative estimate of drug-likeness (QED) is 0.116. The molecule has 6 aromatic carbocycles. The summed E-state index contributed by atoms with van der Waals surface area (Å²) in [7, 11) is -8.66. The predicted octanol–water partition coefficient (Wildman–Crippen LogP) is 8.23. The van der Waals surface area contributed by atoms with E-state index < -0.39 is 25.7 Å². The summed E-state index contributed by atoms with van der Waals surface area (Å²) in [6.07, 6.45) is 0. The summed E-state index contributed by atoms with van der Waals surface area (Å²) in [5, 5.41) is 39.6. The fourth-order valence-electron chi connectivity index (χ4n) is 5.56. The minimum atomic E-state index is -4.33. The number of hydrogen-bond acceptors (Lipinski definition) is 10. The van der Waals surface area contributed by atoms with Crippen LogP contribution in [-0.4, -0.2) is 27.0 Å². The zero-order valence-electron chi connectivity index (χ0n) is 25.8. The second kappa shape index (κ2) is 12.1. The van der Waals surface area contributed by atoms with Gasteiger partial charge in [-0.2, -0.15) is 16.8 Å². The lowest BCUT2D eigenvalue weighted by Crippen LogP contribution is -2.19. The van der Waals surface area contributed by atoms with Gasteiger partial charge in [-0.3, -0.25) is 0 Å². The minimum Gasteiger partial charge on any atom is -0.501 e. The third kappa shape index (κ3) is 5.91. The zero-order valence-corrected chi connectivity index (χ0v) is 27.5. The van der Waals surface area contributed by atoms with E-state index in [-0.39, 0.29) is 65.7 Å². The van der Waals surface area contributed by atoms with Gasteiger partial charge in [0.05, 0.1) is 0 Å². The highest BCUT2D eigenvalue weighted by Crippen LogP contribution is 2.40. The molecule has 0 aliphatic rings. The Hall–Kier alpha value is -6.22. The molecule has 0 saturated heterocycles. The molecule has 0 spiro atoms. The lowest BCUT2D eigenvalue weighted by atomic mass is 9.78. The molecular weight excluding hydrogens is 669 g/mol. The first-order chi connectivity index (χ1) is 23.3. The van der Waals surface area contributed by atoms with Gasteiger partial charge in [0.15, 0.2) is 9.95 Å². The van der Waals surface area contributed by atoms with E-state index in [1.54, 1.807) is 24.3 Å². The average molecular weight is 695 g/mol. The number of nitrogens with zero attached hydrogens (tertiary/aromatic N) is 4. The van der Waals surface area contributed by atoms with Crippen LogP contribution in [0.3, 0.4) is 0 Å². The molecule has 14 heteroatoms. The second-order valence-corrected chi connectivity index (χ2v) is 14.5. The smallest absolute Gasteiger partial charge is 0.426 e. The molecule has 0 heterocycles. The summed E-state index contributed by atoms with van der Waals surface area (Å²) < 4.78 is 63.9. The molecule has 0 aliphatic carbocycles. The number of benzene rings is 6. The largest absolute Gasteiger partial charge is 0.501 e. The molecule has 0 amide bonds. The normalized spacial score (nSPS) is 11.9. The van der Waals surface area contributed by atoms with Crippen molar-refractivity contribution in [3.05, 3.63) is 130 Å². The van der Waals surface area contributed by atoms with Crippen molar-refractivity contribution in [2.45, 2.75) is 29.1 Å². The third-order valence-corrected chi connectivity index (χ3v) is 10.9. The van der Waals surface area contributed by atoms with Crippen molar-refractivity contribution in [3.8, 4) is 23.0 Å². The van der Waals surface area contributed by atoms with Gasteiger partial charge < -0.3 is 18.6 Å². The monoisotopic (exact) mass is 694 g/mol. The first-order valence-electron chi connectivity index (χ1n) is 14.6. The SMILES string of the molecule is CC(C)(c1ccc(OS(=O)(=O)c2cccc3c(O)c([N+]#N)ccc23)cc1)c1ccc(OS(=O)(=O)c2cccc3c(O)c([N+]#N)ccc23)cc1. The van der Waals surface area contributed by atoms with Crippen LogP contribution < -0.4 is 8.37 Å². The molecule has 0 aromatic heterocycles. The average Bonchev–Trinajstić information content (AvgIpc) is 3.08. The molecule has 0 atom stereocenters. The Balaban J connectivity index is 1.21. The molecule has 244 valence electrons. The summed E-state index contributed by atoms with van der Waals surface area (Å²) in [6, 6.07) is 26.9. The van der Waals surface area contributed by atoms with Crippen LogP contribution >= 0.6 is 0 Å². The van der Waals surface area contributed by atoms with Crippen molar-refractivity contribution in [1.29, 1.82) is 10.8 Å². The van der Waals surface area contributed by atoms with E-state index in [0.29, 0.717) is 0 Å². The van der Waals surface area contributed by atoms with Gasteiger partial charge in [0.25, 0.3) is 0 Å². The van der Waals surface area contributed by atoms with Gasteiger partial charge >= 0.3 is 31.6 Å². The highest BCUT2D eigenvalue weighted by Gasteiger charge is 2.28. The number of hydrogen-bond donors (Lipinski definition) is 2. The molecule has 0 radical (unpaired) electrons. The van der Waals surface area contributed by atoms with E-state index in [0.717, 1.165) is 11.1 Å². The van der Waals surface area contributed by atoms with Crippen molar-refractivity contribution < 1.29 is 35.4 Å². The van der Waals surface area contributed by atoms with Gasteiger partial charge in [-0.15, -0.1) is 0 Å². The van der Waals surface area contributed by atoms with E-state index in [4.69, 9.17) is 19.2 Å². The third-order valence-electron chi connectivity index (χ3n) is 8.26. The van der Waals surface area contributed by atoms with Crippen LogP contribution in [0.5, 0.6) is 23.0 Å². The van der Waals surface area contributed by atoms with E-state index in [1.807, 2.05) is 13.8 Å². The fourth-order valence-corrected chi connectivity index (χ4v) is 7.86. The molecule has 0 saturated carbocycles. The van der Waals surface area contributed by atoms with Crippen molar-refractivity contribution in [1.82, 2.24) is 0 Å². The summed E-state index contributed by atoms with van der Waals surface area (Å²) in [5.41, 5.74) is 0.788. The zero-order chi connectivity index (χ0) is 35.1. The maximum atomic E-state index is 13.3. The van der Waals surface area contributed by atoms with Crippen molar-refractivity contribution in [3.63, 3.8) is 0 Å². The first kappa shape index (κ1) is 32.7. The topological polar surface area (TPSA) is 184 Å². The Morgan fingerprint density at radius 3 is 1.24 bits per heavy atom. The maximum absolute atomic E-state index is 13.3. The first-order valence-corrected chi connectivity index (χ1v) is 17.4. The van der Waals surface area contributed by atoms with Gasteiger partial charge in [-0.05, 0) is 59.7 Å². The number of diazo groups is 2. The molecule has 2 N–H and O–H groups in total. The van der Waals surface area contributed by atoms with Crippen LogP contribution in [-0.2, 0) is 25.7 Å². The van der Waals surface area contributed by atoms with E-state index >= 15 is 0 Å². The maximum Gasteiger partial charge on any atom is 0.426 e. The van der Waals surface area contributed by atoms with E-state index in [9.17, 15) is 27.0 Å². The van der Waals surface area contributed by atoms with Crippen LogP contribution in [0.15, 0.2) is 119 Å². The Morgan fingerprint density at radius 1 is 0.531 bits per heavy atom. The summed E-state index contributed by atoms with van der Waals surface area (Å²) in [5.74, 6) is -0.627. The molecule has 12 nitrogen and oxygen atoms in total. The molecule has 6 rings (SSSR count). The van der Waals surface area contributed by atoms with Crippen LogP contribution in [0.25, 0.3) is 31.5 Å². The Kier molecular flexibility index (Phi) is 8.08. The molecule has 49 heavy (non-hydrogen) atoms. The van der Waals surface area contributed by atoms with Crippen molar-refractivity contribution in [2.75, 3.05) is 0 Å². The summed E-state index contributed by atoms with van der Waals surface area (Å²) >= 11 is 0. The molecular formula is C35H26N4O8S2+2. The fraction of sp³-hybridized carbons (Fsp3) is 0.0857. The molecule has 6 aromatic rings. The van der Waals surface area contributed by atoms with Gasteiger partial charge in [0, 0.05) is 39.1 Å². The van der Waals surface area contributed by atoms with E-state index in [2.05, 4.69) is 9.95 Å². The Morgan fingerprint density at radius 2 is 0.898 bits per heavy atom. The number of aromatic hydroxyl groups is 2. The van der Waals surface area contributed by atoms with Crippen LogP contribution in [0.2, 0.25) is 0 Å². The lowest BCUT2D eigenvalue weighted by Gasteiger charge is -2.26. The highest BCUT2D eigenvalue weighted by molar-refractivity contribution is 7.87. The van der Waals surface area contributed by atoms with Crippen molar-refractivity contribution >= 4 is 53.2 Å². The van der Waals surface area contributed by atoms with E-state index in [1.165, 1.54) is 84.9 Å². The summed E-state index contributed by atoms with van der Waals surface area (Å²) in [6.45, 7) is 3.88. The Labute approximate surface area is 280 Å².